The molecular formula is C19H11BrF3N3O3. The number of carbonyl (C=O) groups is 1. The Labute approximate surface area is 169 Å². The molecule has 0 saturated heterocycles. The zero-order chi connectivity index (χ0) is 20.9. The highest BCUT2D eigenvalue weighted by atomic mass is 79.9. The number of benzene rings is 2. The number of ether oxygens (including phenoxy) is 1. The third-order valence-electron chi connectivity index (χ3n) is 4.48. The molecule has 0 aliphatic rings. The SMILES string of the molecule is CCOC(=O)c1cnn(-c2cc(Br)c3[nH]c(=C=O)c4cccc2c34)c1C(F)(F)F. The summed E-state index contributed by atoms with van der Waals surface area (Å²) in [6.45, 7) is 1.43. The maximum Gasteiger partial charge on any atom is 0.434 e. The van der Waals surface area contributed by atoms with Crippen molar-refractivity contribution in [2.75, 3.05) is 6.61 Å². The molecule has 4 aromatic rings. The van der Waals surface area contributed by atoms with E-state index in [1.54, 1.807) is 24.1 Å². The van der Waals surface area contributed by atoms with E-state index >= 15 is 0 Å². The van der Waals surface area contributed by atoms with Gasteiger partial charge in [0.2, 0.25) is 0 Å². The minimum Gasteiger partial charge on any atom is -0.462 e. The van der Waals surface area contributed by atoms with Gasteiger partial charge in [-0.15, -0.1) is 0 Å². The van der Waals surface area contributed by atoms with Gasteiger partial charge in [-0.05, 0) is 28.9 Å². The first kappa shape index (κ1) is 19.2. The molecule has 2 heterocycles. The molecule has 0 amide bonds. The first-order valence-electron chi connectivity index (χ1n) is 8.38. The highest BCUT2D eigenvalue weighted by Crippen LogP contribution is 2.39. The molecule has 0 aliphatic heterocycles. The van der Waals surface area contributed by atoms with E-state index in [2.05, 4.69) is 26.0 Å². The minimum atomic E-state index is -4.86. The lowest BCUT2D eigenvalue weighted by atomic mass is 10.1. The van der Waals surface area contributed by atoms with Gasteiger partial charge in [0.05, 0.1) is 24.0 Å². The Morgan fingerprint density at radius 3 is 2.72 bits per heavy atom. The van der Waals surface area contributed by atoms with Crippen LogP contribution in [0.5, 0.6) is 0 Å². The van der Waals surface area contributed by atoms with Crippen LogP contribution in [0.2, 0.25) is 0 Å². The molecule has 4 rings (SSSR count). The summed E-state index contributed by atoms with van der Waals surface area (Å²) in [4.78, 5) is 26.2. The molecule has 0 atom stereocenters. The lowest BCUT2D eigenvalue weighted by Gasteiger charge is -2.15. The summed E-state index contributed by atoms with van der Waals surface area (Å²) < 4.78 is 47.4. The Hall–Kier alpha value is -3.10. The Balaban J connectivity index is 2.10. The van der Waals surface area contributed by atoms with Gasteiger partial charge in [0.25, 0.3) is 0 Å². The minimum absolute atomic E-state index is 0.0691. The van der Waals surface area contributed by atoms with Gasteiger partial charge in [-0.1, -0.05) is 18.2 Å². The third kappa shape index (κ3) is 2.92. The number of aromatic nitrogens is 3. The van der Waals surface area contributed by atoms with Gasteiger partial charge in [-0.3, -0.25) is 0 Å². The average Bonchev–Trinajstić information content (AvgIpc) is 3.27. The monoisotopic (exact) mass is 465 g/mol. The van der Waals surface area contributed by atoms with Crippen molar-refractivity contribution in [1.29, 1.82) is 0 Å². The zero-order valence-corrected chi connectivity index (χ0v) is 16.3. The predicted octanol–water partition coefficient (Wildman–Crippen LogP) is 3.69. The van der Waals surface area contributed by atoms with E-state index < -0.39 is 23.4 Å². The molecule has 6 nitrogen and oxygen atoms in total. The Bertz CT molecular complexity index is 1350. The topological polar surface area (TPSA) is 77.0 Å². The maximum atomic E-state index is 13.9. The molecule has 0 bridgehead atoms. The highest BCUT2D eigenvalue weighted by molar-refractivity contribution is 9.10. The average molecular weight is 466 g/mol. The molecule has 0 radical (unpaired) electrons. The number of rotatable bonds is 3. The number of hydrogen-bond donors (Lipinski definition) is 1. The summed E-state index contributed by atoms with van der Waals surface area (Å²) in [5.41, 5.74) is -1.27. The number of hydrogen-bond acceptors (Lipinski definition) is 4. The van der Waals surface area contributed by atoms with Crippen LogP contribution in [-0.2, 0) is 15.7 Å². The Morgan fingerprint density at radius 1 is 1.34 bits per heavy atom. The van der Waals surface area contributed by atoms with Crippen LogP contribution in [0.4, 0.5) is 13.2 Å². The number of nitrogens with one attached hydrogen (secondary N) is 1. The highest BCUT2D eigenvalue weighted by Gasteiger charge is 2.41. The Morgan fingerprint density at radius 2 is 2.07 bits per heavy atom. The van der Waals surface area contributed by atoms with Crippen LogP contribution in [0.15, 0.2) is 34.9 Å². The predicted molar refractivity (Wildman–Crippen MR) is 102 cm³/mol. The van der Waals surface area contributed by atoms with Crippen molar-refractivity contribution < 1.29 is 27.5 Å². The Kier molecular flexibility index (Phi) is 4.48. The third-order valence-corrected chi connectivity index (χ3v) is 5.10. The van der Waals surface area contributed by atoms with Crippen LogP contribution >= 0.6 is 15.9 Å². The summed E-state index contributed by atoms with van der Waals surface area (Å²) in [6.07, 6.45) is -4.02. The molecule has 0 unspecified atom stereocenters. The van der Waals surface area contributed by atoms with Gasteiger partial charge in [0.1, 0.15) is 10.9 Å². The number of esters is 1. The van der Waals surface area contributed by atoms with Gasteiger partial charge in [-0.2, -0.15) is 18.3 Å². The van der Waals surface area contributed by atoms with Crippen molar-refractivity contribution >= 4 is 49.5 Å². The van der Waals surface area contributed by atoms with E-state index in [4.69, 9.17) is 4.74 Å². The smallest absolute Gasteiger partial charge is 0.434 e. The van der Waals surface area contributed by atoms with E-state index in [1.807, 2.05) is 0 Å². The van der Waals surface area contributed by atoms with Crippen molar-refractivity contribution in [2.24, 2.45) is 0 Å². The number of halogens is 4. The second-order valence-electron chi connectivity index (χ2n) is 6.12. The standard InChI is InChI=1S/C19H11BrF3N3O3/c1-2-29-18(28)11-7-24-26(17(11)19(21,22)23)14-6-12(20)16-15-9(13(8-27)25-16)4-3-5-10(14)15/h3-7,25H,2H2,1H3. The fourth-order valence-corrected chi connectivity index (χ4v) is 3.88. The summed E-state index contributed by atoms with van der Waals surface area (Å²) >= 11 is 3.33. The van der Waals surface area contributed by atoms with Crippen LogP contribution in [0.1, 0.15) is 23.0 Å². The molecule has 10 heteroatoms. The fourth-order valence-electron chi connectivity index (χ4n) is 3.37. The molecule has 148 valence electrons. The quantitative estimate of drug-likeness (QED) is 0.468. The van der Waals surface area contributed by atoms with E-state index in [1.165, 1.54) is 13.0 Å². The first-order valence-corrected chi connectivity index (χ1v) is 9.17. The molecule has 1 N–H and O–H groups in total. The summed E-state index contributed by atoms with van der Waals surface area (Å²) in [5, 5.41) is 5.51. The van der Waals surface area contributed by atoms with Crippen LogP contribution < -0.4 is 5.35 Å². The number of nitrogens with zero attached hydrogens (tertiary/aromatic N) is 2. The summed E-state index contributed by atoms with van der Waals surface area (Å²) in [6, 6.07) is 6.34. The molecule has 0 aliphatic carbocycles. The fraction of sp³-hybridized carbons (Fsp3) is 0.158. The molecule has 29 heavy (non-hydrogen) atoms. The van der Waals surface area contributed by atoms with E-state index in [0.29, 0.717) is 30.8 Å². The van der Waals surface area contributed by atoms with Crippen LogP contribution in [0.3, 0.4) is 0 Å². The van der Waals surface area contributed by atoms with Gasteiger partial charge >= 0.3 is 12.1 Å². The molecule has 0 fully saturated rings. The molecular weight excluding hydrogens is 455 g/mol. The van der Waals surface area contributed by atoms with Crippen LogP contribution in [0.25, 0.3) is 27.4 Å². The second kappa shape index (κ2) is 6.75. The van der Waals surface area contributed by atoms with Crippen molar-refractivity contribution in [3.63, 3.8) is 0 Å². The van der Waals surface area contributed by atoms with Crippen molar-refractivity contribution in [3.05, 3.63) is 51.5 Å². The zero-order valence-electron chi connectivity index (χ0n) is 14.7. The molecule has 0 spiro atoms. The van der Waals surface area contributed by atoms with E-state index in [0.717, 1.165) is 6.20 Å². The summed E-state index contributed by atoms with van der Waals surface area (Å²) in [5.74, 6) is 0.690. The lowest BCUT2D eigenvalue weighted by molar-refractivity contribution is -0.143. The second-order valence-corrected chi connectivity index (χ2v) is 6.97. The largest absolute Gasteiger partial charge is 0.462 e. The maximum absolute atomic E-state index is 13.9. The van der Waals surface area contributed by atoms with Crippen molar-refractivity contribution in [2.45, 2.75) is 13.1 Å². The van der Waals surface area contributed by atoms with Crippen molar-refractivity contribution in [1.82, 2.24) is 14.8 Å². The normalized spacial score (nSPS) is 11.9. The van der Waals surface area contributed by atoms with Gasteiger partial charge in [0, 0.05) is 20.6 Å². The number of carbonyl (C=O) groups excluding carboxylic acids is 2. The van der Waals surface area contributed by atoms with E-state index in [-0.39, 0.29) is 17.6 Å². The van der Waals surface area contributed by atoms with E-state index in [9.17, 15) is 22.8 Å². The molecule has 2 aromatic heterocycles. The molecule has 2 aromatic carbocycles. The number of H-pyrrole nitrogens is 1. The lowest BCUT2D eigenvalue weighted by Crippen LogP contribution is -2.18. The van der Waals surface area contributed by atoms with Gasteiger partial charge in [0.15, 0.2) is 11.6 Å². The summed E-state index contributed by atoms with van der Waals surface area (Å²) in [7, 11) is 0. The van der Waals surface area contributed by atoms with Crippen LogP contribution in [-0.4, -0.2) is 33.3 Å². The van der Waals surface area contributed by atoms with Crippen LogP contribution in [0, 0.1) is 0 Å². The number of alkyl halides is 3. The molecule has 0 saturated carbocycles. The van der Waals surface area contributed by atoms with Gasteiger partial charge in [-0.25, -0.2) is 14.3 Å². The van der Waals surface area contributed by atoms with Crippen molar-refractivity contribution in [3.8, 4) is 5.69 Å². The number of aromatic amines is 1. The van der Waals surface area contributed by atoms with Gasteiger partial charge < -0.3 is 9.72 Å². The first-order chi connectivity index (χ1) is 13.8.